The van der Waals surface area contributed by atoms with Crippen LogP contribution < -0.4 is 5.32 Å². The lowest BCUT2D eigenvalue weighted by Crippen LogP contribution is -2.07. The molecule has 1 aromatic heterocycles. The molecule has 0 atom stereocenters. The van der Waals surface area contributed by atoms with Gasteiger partial charge in [-0.3, -0.25) is 0 Å². The maximum Gasteiger partial charge on any atom is 0.416 e. The summed E-state index contributed by atoms with van der Waals surface area (Å²) in [6.07, 6.45) is -2.90. The fraction of sp³-hybridized carbons (Fsp3) is 0.143. The van der Waals surface area contributed by atoms with Crippen LogP contribution in [0.1, 0.15) is 16.8 Å². The molecule has 0 unspecified atom stereocenters. The van der Waals surface area contributed by atoms with E-state index in [1.54, 1.807) is 12.1 Å². The highest BCUT2D eigenvalue weighted by molar-refractivity contribution is 9.10. The van der Waals surface area contributed by atoms with Crippen LogP contribution in [0.25, 0.3) is 0 Å². The highest BCUT2D eigenvalue weighted by Gasteiger charge is 2.30. The molecular formula is C14H9BrF3N3. The van der Waals surface area contributed by atoms with Crippen molar-refractivity contribution in [3.63, 3.8) is 0 Å². The molecule has 1 heterocycles. The standard InChI is InChI=1S/C14H9BrF3N3/c15-12-2-1-10(14(16,17)18)6-13(12)21-8-9-3-4-20-11(5-9)7-19/h1-6,21H,8H2. The van der Waals surface area contributed by atoms with Crippen LogP contribution in [-0.2, 0) is 12.7 Å². The van der Waals surface area contributed by atoms with Crippen LogP contribution in [0.3, 0.4) is 0 Å². The topological polar surface area (TPSA) is 48.7 Å². The van der Waals surface area contributed by atoms with E-state index in [2.05, 4.69) is 26.2 Å². The van der Waals surface area contributed by atoms with Gasteiger partial charge in [0.15, 0.2) is 0 Å². The molecule has 2 aromatic rings. The highest BCUT2D eigenvalue weighted by atomic mass is 79.9. The van der Waals surface area contributed by atoms with Crippen molar-refractivity contribution in [3.05, 3.63) is 57.8 Å². The Kier molecular flexibility index (Phi) is 4.48. The molecule has 0 aliphatic carbocycles. The van der Waals surface area contributed by atoms with E-state index in [-0.39, 0.29) is 12.2 Å². The van der Waals surface area contributed by atoms with Crippen LogP contribution in [0.5, 0.6) is 0 Å². The maximum atomic E-state index is 12.7. The van der Waals surface area contributed by atoms with E-state index in [0.717, 1.165) is 17.7 Å². The molecule has 1 N–H and O–H groups in total. The van der Waals surface area contributed by atoms with E-state index in [0.29, 0.717) is 10.2 Å². The lowest BCUT2D eigenvalue weighted by molar-refractivity contribution is -0.137. The van der Waals surface area contributed by atoms with Crippen LogP contribution in [0.15, 0.2) is 41.0 Å². The normalized spacial score (nSPS) is 11.0. The second-order valence-corrected chi connectivity index (χ2v) is 5.06. The van der Waals surface area contributed by atoms with Crippen molar-refractivity contribution in [1.29, 1.82) is 5.26 Å². The summed E-state index contributed by atoms with van der Waals surface area (Å²) in [4.78, 5) is 3.83. The summed E-state index contributed by atoms with van der Waals surface area (Å²) in [5, 5.41) is 11.7. The number of anilines is 1. The van der Waals surface area contributed by atoms with Gasteiger partial charge in [-0.15, -0.1) is 0 Å². The van der Waals surface area contributed by atoms with E-state index in [9.17, 15) is 13.2 Å². The Balaban J connectivity index is 2.18. The number of nitriles is 1. The van der Waals surface area contributed by atoms with Gasteiger partial charge in [0.05, 0.1) is 5.56 Å². The molecule has 3 nitrogen and oxygen atoms in total. The van der Waals surface area contributed by atoms with Crippen molar-refractivity contribution in [2.75, 3.05) is 5.32 Å². The Bertz CT molecular complexity index is 693. The molecular weight excluding hydrogens is 347 g/mol. The monoisotopic (exact) mass is 355 g/mol. The Morgan fingerprint density at radius 2 is 2.00 bits per heavy atom. The maximum absolute atomic E-state index is 12.7. The fourth-order valence-electron chi connectivity index (χ4n) is 1.68. The quantitative estimate of drug-likeness (QED) is 0.890. The second kappa shape index (κ2) is 6.14. The molecule has 21 heavy (non-hydrogen) atoms. The van der Waals surface area contributed by atoms with Crippen molar-refractivity contribution < 1.29 is 13.2 Å². The first-order valence-electron chi connectivity index (χ1n) is 5.86. The van der Waals surface area contributed by atoms with E-state index < -0.39 is 11.7 Å². The van der Waals surface area contributed by atoms with E-state index in [1.807, 2.05) is 6.07 Å². The number of hydrogen-bond donors (Lipinski definition) is 1. The predicted molar refractivity (Wildman–Crippen MR) is 75.4 cm³/mol. The van der Waals surface area contributed by atoms with Gasteiger partial charge in [0.1, 0.15) is 11.8 Å². The van der Waals surface area contributed by atoms with Gasteiger partial charge in [0.2, 0.25) is 0 Å². The number of nitrogens with zero attached hydrogens (tertiary/aromatic N) is 2. The lowest BCUT2D eigenvalue weighted by Gasteiger charge is -2.12. The average molecular weight is 356 g/mol. The van der Waals surface area contributed by atoms with Gasteiger partial charge in [-0.1, -0.05) is 0 Å². The second-order valence-electron chi connectivity index (χ2n) is 4.21. The number of benzene rings is 1. The zero-order chi connectivity index (χ0) is 15.5. The molecule has 7 heteroatoms. The largest absolute Gasteiger partial charge is 0.416 e. The number of hydrogen-bond acceptors (Lipinski definition) is 3. The third kappa shape index (κ3) is 3.95. The van der Waals surface area contributed by atoms with E-state index in [4.69, 9.17) is 5.26 Å². The molecule has 0 amide bonds. The third-order valence-electron chi connectivity index (χ3n) is 2.72. The molecule has 108 valence electrons. The molecule has 0 radical (unpaired) electrons. The number of halogens is 4. The summed E-state index contributed by atoms with van der Waals surface area (Å²) < 4.78 is 38.6. The minimum Gasteiger partial charge on any atom is -0.380 e. The Labute approximate surface area is 127 Å². The summed E-state index contributed by atoms with van der Waals surface area (Å²) in [6.45, 7) is 0.289. The Morgan fingerprint density at radius 1 is 1.24 bits per heavy atom. The predicted octanol–water partition coefficient (Wildman–Crippen LogP) is 4.35. The number of pyridine rings is 1. The zero-order valence-corrected chi connectivity index (χ0v) is 12.2. The van der Waals surface area contributed by atoms with Gasteiger partial charge in [-0.2, -0.15) is 18.4 Å². The minimum atomic E-state index is -4.39. The van der Waals surface area contributed by atoms with Crippen LogP contribution in [0.4, 0.5) is 18.9 Å². The van der Waals surface area contributed by atoms with Gasteiger partial charge in [0.25, 0.3) is 0 Å². The SMILES string of the molecule is N#Cc1cc(CNc2cc(C(F)(F)F)ccc2Br)ccn1. The molecule has 0 spiro atoms. The summed E-state index contributed by atoms with van der Waals surface area (Å²) in [7, 11) is 0. The number of alkyl halides is 3. The first-order chi connectivity index (χ1) is 9.90. The average Bonchev–Trinajstić information content (AvgIpc) is 2.45. The molecule has 0 saturated carbocycles. The number of rotatable bonds is 3. The highest BCUT2D eigenvalue weighted by Crippen LogP contribution is 2.34. The molecule has 0 aliphatic rings. The summed E-state index contributed by atoms with van der Waals surface area (Å²) >= 11 is 3.20. The first kappa shape index (κ1) is 15.3. The van der Waals surface area contributed by atoms with Crippen molar-refractivity contribution in [1.82, 2.24) is 4.98 Å². The molecule has 0 saturated heterocycles. The van der Waals surface area contributed by atoms with Crippen molar-refractivity contribution in [2.45, 2.75) is 12.7 Å². The van der Waals surface area contributed by atoms with Crippen molar-refractivity contribution in [2.24, 2.45) is 0 Å². The van der Waals surface area contributed by atoms with Crippen LogP contribution >= 0.6 is 15.9 Å². The van der Waals surface area contributed by atoms with Gasteiger partial charge in [-0.05, 0) is 51.8 Å². The van der Waals surface area contributed by atoms with Gasteiger partial charge in [0, 0.05) is 22.9 Å². The Hall–Kier alpha value is -2.07. The number of nitrogens with one attached hydrogen (secondary N) is 1. The third-order valence-corrected chi connectivity index (χ3v) is 3.41. The lowest BCUT2D eigenvalue weighted by atomic mass is 10.2. The zero-order valence-electron chi connectivity index (χ0n) is 10.6. The molecule has 1 aromatic carbocycles. The molecule has 0 aliphatic heterocycles. The van der Waals surface area contributed by atoms with Gasteiger partial charge >= 0.3 is 6.18 Å². The minimum absolute atomic E-state index is 0.261. The van der Waals surface area contributed by atoms with Crippen LogP contribution in [0.2, 0.25) is 0 Å². The number of aromatic nitrogens is 1. The summed E-state index contributed by atoms with van der Waals surface area (Å²) in [5.41, 5.74) is 0.629. The molecule has 0 bridgehead atoms. The fourth-order valence-corrected chi connectivity index (χ4v) is 2.07. The first-order valence-corrected chi connectivity index (χ1v) is 6.65. The molecule has 0 fully saturated rings. The van der Waals surface area contributed by atoms with Gasteiger partial charge < -0.3 is 5.32 Å². The van der Waals surface area contributed by atoms with Crippen LogP contribution in [-0.4, -0.2) is 4.98 Å². The van der Waals surface area contributed by atoms with Crippen LogP contribution in [0, 0.1) is 11.3 Å². The van der Waals surface area contributed by atoms with E-state index >= 15 is 0 Å². The summed E-state index contributed by atoms with van der Waals surface area (Å²) in [6, 6.07) is 8.57. The smallest absolute Gasteiger partial charge is 0.380 e. The van der Waals surface area contributed by atoms with Crippen molar-refractivity contribution in [3.8, 4) is 6.07 Å². The summed E-state index contributed by atoms with van der Waals surface area (Å²) in [5.74, 6) is 0. The molecule has 2 rings (SSSR count). The van der Waals surface area contributed by atoms with Gasteiger partial charge in [-0.25, -0.2) is 4.98 Å². The van der Waals surface area contributed by atoms with E-state index in [1.165, 1.54) is 12.3 Å². The van der Waals surface area contributed by atoms with Crippen molar-refractivity contribution >= 4 is 21.6 Å². The Morgan fingerprint density at radius 3 is 2.67 bits per heavy atom.